The maximum absolute atomic E-state index is 13.0. The van der Waals surface area contributed by atoms with Crippen molar-refractivity contribution < 1.29 is 26.9 Å². The highest BCUT2D eigenvalue weighted by Gasteiger charge is 2.25. The van der Waals surface area contributed by atoms with E-state index >= 15 is 0 Å². The normalized spacial score (nSPS) is 12.3. The van der Waals surface area contributed by atoms with E-state index < -0.39 is 38.0 Å². The SMILES string of the molecule is CC(C)(C)OC(=O)c1cc(F)ccc1S(=O)(=O)O. The summed E-state index contributed by atoms with van der Waals surface area (Å²) in [5.74, 6) is -1.82. The van der Waals surface area contributed by atoms with Gasteiger partial charge in [0.1, 0.15) is 16.3 Å². The van der Waals surface area contributed by atoms with Crippen LogP contribution < -0.4 is 0 Å². The zero-order valence-corrected chi connectivity index (χ0v) is 10.9. The molecule has 0 saturated heterocycles. The van der Waals surface area contributed by atoms with Gasteiger partial charge in [-0.2, -0.15) is 8.42 Å². The molecule has 1 rings (SSSR count). The molecule has 0 radical (unpaired) electrons. The Bertz CT molecular complexity index is 572. The summed E-state index contributed by atoms with van der Waals surface area (Å²) in [6.45, 7) is 4.74. The number of carbonyl (C=O) groups is 1. The molecule has 0 aliphatic heterocycles. The van der Waals surface area contributed by atoms with Gasteiger partial charge < -0.3 is 4.74 Å². The summed E-state index contributed by atoms with van der Waals surface area (Å²) in [6.07, 6.45) is 0. The quantitative estimate of drug-likeness (QED) is 0.660. The summed E-state index contributed by atoms with van der Waals surface area (Å²) in [5.41, 5.74) is -1.40. The Kier molecular flexibility index (Phi) is 3.78. The molecule has 18 heavy (non-hydrogen) atoms. The van der Waals surface area contributed by atoms with E-state index in [-0.39, 0.29) is 0 Å². The van der Waals surface area contributed by atoms with Crippen LogP contribution in [-0.2, 0) is 14.9 Å². The van der Waals surface area contributed by atoms with Crippen molar-refractivity contribution >= 4 is 16.1 Å². The minimum atomic E-state index is -4.62. The van der Waals surface area contributed by atoms with Crippen LogP contribution in [0.25, 0.3) is 0 Å². The predicted molar refractivity (Wildman–Crippen MR) is 61.4 cm³/mol. The molecule has 1 N–H and O–H groups in total. The summed E-state index contributed by atoms with van der Waals surface area (Å²) in [5, 5.41) is 0. The average molecular weight is 276 g/mol. The van der Waals surface area contributed by atoms with Crippen LogP contribution in [0.2, 0.25) is 0 Å². The van der Waals surface area contributed by atoms with Crippen LogP contribution in [0.3, 0.4) is 0 Å². The molecule has 5 nitrogen and oxygen atoms in total. The minimum absolute atomic E-state index is 0.535. The van der Waals surface area contributed by atoms with Gasteiger partial charge in [-0.3, -0.25) is 4.55 Å². The maximum atomic E-state index is 13.0. The first kappa shape index (κ1) is 14.6. The van der Waals surface area contributed by atoms with Crippen molar-refractivity contribution in [2.75, 3.05) is 0 Å². The lowest BCUT2D eigenvalue weighted by molar-refractivity contribution is 0.00642. The summed E-state index contributed by atoms with van der Waals surface area (Å²) in [4.78, 5) is 11.0. The van der Waals surface area contributed by atoms with E-state index in [4.69, 9.17) is 9.29 Å². The molecule has 0 spiro atoms. The zero-order chi connectivity index (χ0) is 14.1. The molecular formula is C11H13FO5S. The predicted octanol–water partition coefficient (Wildman–Crippen LogP) is 2.03. The van der Waals surface area contributed by atoms with Crippen LogP contribution in [0.1, 0.15) is 31.1 Å². The molecule has 0 unspecified atom stereocenters. The average Bonchev–Trinajstić information content (AvgIpc) is 2.12. The Morgan fingerprint density at radius 2 is 1.89 bits per heavy atom. The van der Waals surface area contributed by atoms with Crippen molar-refractivity contribution in [1.29, 1.82) is 0 Å². The molecule has 1 aromatic rings. The molecule has 1 aromatic carbocycles. The Morgan fingerprint density at radius 3 is 2.33 bits per heavy atom. The summed E-state index contributed by atoms with van der Waals surface area (Å²) in [6, 6.07) is 2.35. The first-order valence-corrected chi connectivity index (χ1v) is 6.45. The Balaban J connectivity index is 3.31. The Hall–Kier alpha value is -1.47. The standard InChI is InChI=1S/C11H13FO5S/c1-11(2,3)17-10(13)8-6-7(12)4-5-9(8)18(14,15)16/h4-6H,1-3H3,(H,14,15,16). The van der Waals surface area contributed by atoms with Crippen molar-refractivity contribution in [2.24, 2.45) is 0 Å². The number of halogens is 1. The molecule has 0 fully saturated rings. The van der Waals surface area contributed by atoms with Gasteiger partial charge in [0.25, 0.3) is 10.1 Å². The number of hydrogen-bond donors (Lipinski definition) is 1. The molecule has 0 amide bonds. The third-order valence-electron chi connectivity index (χ3n) is 1.84. The summed E-state index contributed by atoms with van der Waals surface area (Å²) < 4.78 is 49.0. The van der Waals surface area contributed by atoms with Gasteiger partial charge in [0.2, 0.25) is 0 Å². The van der Waals surface area contributed by atoms with Gasteiger partial charge in [0.15, 0.2) is 0 Å². The molecular weight excluding hydrogens is 263 g/mol. The number of carbonyl (C=O) groups excluding carboxylic acids is 1. The van der Waals surface area contributed by atoms with Crippen LogP contribution in [0, 0.1) is 5.82 Å². The second-order valence-electron chi connectivity index (χ2n) is 4.62. The molecule has 0 atom stereocenters. The van der Waals surface area contributed by atoms with E-state index in [1.807, 2.05) is 0 Å². The number of esters is 1. The fraction of sp³-hybridized carbons (Fsp3) is 0.364. The summed E-state index contributed by atoms with van der Waals surface area (Å²) >= 11 is 0. The third-order valence-corrected chi connectivity index (χ3v) is 2.75. The van der Waals surface area contributed by atoms with E-state index in [1.54, 1.807) is 20.8 Å². The highest BCUT2D eigenvalue weighted by Crippen LogP contribution is 2.20. The largest absolute Gasteiger partial charge is 0.456 e. The Labute approximate surface area is 104 Å². The van der Waals surface area contributed by atoms with Crippen LogP contribution in [0.4, 0.5) is 4.39 Å². The Morgan fingerprint density at radius 1 is 1.33 bits per heavy atom. The van der Waals surface area contributed by atoms with E-state index in [0.717, 1.165) is 12.1 Å². The van der Waals surface area contributed by atoms with Gasteiger partial charge in [-0.15, -0.1) is 0 Å². The van der Waals surface area contributed by atoms with Crippen LogP contribution in [0.5, 0.6) is 0 Å². The molecule has 0 saturated carbocycles. The van der Waals surface area contributed by atoms with E-state index in [1.165, 1.54) is 0 Å². The lowest BCUT2D eigenvalue weighted by Crippen LogP contribution is -2.25. The summed E-state index contributed by atoms with van der Waals surface area (Å²) in [7, 11) is -4.62. The molecule has 100 valence electrons. The van der Waals surface area contributed by atoms with E-state index in [9.17, 15) is 17.6 Å². The molecule has 0 aromatic heterocycles. The lowest BCUT2D eigenvalue weighted by Gasteiger charge is -2.20. The molecule has 0 aliphatic carbocycles. The topological polar surface area (TPSA) is 80.7 Å². The van der Waals surface area contributed by atoms with Crippen LogP contribution in [-0.4, -0.2) is 24.5 Å². The highest BCUT2D eigenvalue weighted by atomic mass is 32.2. The first-order chi connectivity index (χ1) is 8.00. The maximum Gasteiger partial charge on any atom is 0.340 e. The fourth-order valence-electron chi connectivity index (χ4n) is 1.22. The lowest BCUT2D eigenvalue weighted by atomic mass is 10.1. The van der Waals surface area contributed by atoms with Crippen molar-refractivity contribution in [2.45, 2.75) is 31.3 Å². The van der Waals surface area contributed by atoms with E-state index in [2.05, 4.69) is 0 Å². The smallest absolute Gasteiger partial charge is 0.340 e. The van der Waals surface area contributed by atoms with Crippen LogP contribution >= 0.6 is 0 Å². The van der Waals surface area contributed by atoms with Crippen molar-refractivity contribution in [3.05, 3.63) is 29.6 Å². The van der Waals surface area contributed by atoms with Gasteiger partial charge >= 0.3 is 5.97 Å². The van der Waals surface area contributed by atoms with Gasteiger partial charge in [0, 0.05) is 0 Å². The number of rotatable bonds is 2. The fourth-order valence-corrected chi connectivity index (χ4v) is 1.88. The monoisotopic (exact) mass is 276 g/mol. The molecule has 0 bridgehead atoms. The van der Waals surface area contributed by atoms with Gasteiger partial charge in [-0.05, 0) is 39.0 Å². The minimum Gasteiger partial charge on any atom is -0.456 e. The molecule has 0 heterocycles. The number of ether oxygens (including phenoxy) is 1. The van der Waals surface area contributed by atoms with E-state index in [0.29, 0.717) is 6.07 Å². The zero-order valence-electron chi connectivity index (χ0n) is 10.1. The second-order valence-corrected chi connectivity index (χ2v) is 6.01. The van der Waals surface area contributed by atoms with Gasteiger partial charge in [0.05, 0.1) is 5.56 Å². The van der Waals surface area contributed by atoms with Crippen molar-refractivity contribution in [1.82, 2.24) is 0 Å². The highest BCUT2D eigenvalue weighted by molar-refractivity contribution is 7.86. The van der Waals surface area contributed by atoms with Gasteiger partial charge in [-0.25, -0.2) is 9.18 Å². The van der Waals surface area contributed by atoms with Crippen molar-refractivity contribution in [3.63, 3.8) is 0 Å². The molecule has 0 aliphatic rings. The van der Waals surface area contributed by atoms with Crippen molar-refractivity contribution in [3.8, 4) is 0 Å². The number of hydrogen-bond acceptors (Lipinski definition) is 4. The third kappa shape index (κ3) is 3.78. The first-order valence-electron chi connectivity index (χ1n) is 5.01. The number of benzene rings is 1. The second kappa shape index (κ2) is 4.66. The molecule has 7 heteroatoms. The van der Waals surface area contributed by atoms with Gasteiger partial charge in [-0.1, -0.05) is 0 Å². The van der Waals surface area contributed by atoms with Crippen LogP contribution in [0.15, 0.2) is 23.1 Å².